The van der Waals surface area contributed by atoms with Gasteiger partial charge in [-0.05, 0) is 24.1 Å². The smallest absolute Gasteiger partial charge is 0.241 e. The third kappa shape index (κ3) is 5.72. The van der Waals surface area contributed by atoms with E-state index in [0.29, 0.717) is 0 Å². The SMILES string of the molecule is CC(C(=O)Nc1ccccc1-c1ccccc1)N1CCN(C/C=C/c2ccccc2)CC1. The van der Waals surface area contributed by atoms with Gasteiger partial charge in [-0.2, -0.15) is 0 Å². The lowest BCUT2D eigenvalue weighted by Crippen LogP contribution is -2.52. The van der Waals surface area contributed by atoms with Crippen molar-refractivity contribution in [2.75, 3.05) is 38.0 Å². The van der Waals surface area contributed by atoms with Crippen molar-refractivity contribution in [3.8, 4) is 11.1 Å². The maximum atomic E-state index is 13.0. The van der Waals surface area contributed by atoms with Gasteiger partial charge in [-0.3, -0.25) is 14.6 Å². The van der Waals surface area contributed by atoms with Gasteiger partial charge >= 0.3 is 0 Å². The molecule has 4 rings (SSSR count). The van der Waals surface area contributed by atoms with Crippen LogP contribution in [0.15, 0.2) is 91.0 Å². The number of piperazine rings is 1. The van der Waals surface area contributed by atoms with Gasteiger partial charge in [-0.15, -0.1) is 0 Å². The minimum Gasteiger partial charge on any atom is -0.324 e. The van der Waals surface area contributed by atoms with E-state index in [-0.39, 0.29) is 11.9 Å². The number of nitrogens with one attached hydrogen (secondary N) is 1. The van der Waals surface area contributed by atoms with E-state index in [1.54, 1.807) is 0 Å². The number of rotatable bonds is 7. The number of benzene rings is 3. The van der Waals surface area contributed by atoms with Gasteiger partial charge in [-0.1, -0.05) is 91.0 Å². The highest BCUT2D eigenvalue weighted by molar-refractivity contribution is 5.98. The molecule has 1 fully saturated rings. The van der Waals surface area contributed by atoms with Gasteiger partial charge in [0, 0.05) is 44.0 Å². The maximum Gasteiger partial charge on any atom is 0.241 e. The fourth-order valence-electron chi connectivity index (χ4n) is 4.10. The van der Waals surface area contributed by atoms with E-state index < -0.39 is 0 Å². The molecule has 0 aliphatic carbocycles. The highest BCUT2D eigenvalue weighted by Gasteiger charge is 2.25. The van der Waals surface area contributed by atoms with Gasteiger partial charge in [0.05, 0.1) is 6.04 Å². The quantitative estimate of drug-likeness (QED) is 0.578. The second kappa shape index (κ2) is 10.9. The third-order valence-electron chi connectivity index (χ3n) is 6.08. The molecule has 3 aromatic carbocycles. The molecule has 1 aliphatic heterocycles. The van der Waals surface area contributed by atoms with Crippen LogP contribution >= 0.6 is 0 Å². The van der Waals surface area contributed by atoms with Crippen molar-refractivity contribution in [2.45, 2.75) is 13.0 Å². The Morgan fingerprint density at radius 3 is 2.22 bits per heavy atom. The van der Waals surface area contributed by atoms with Gasteiger partial charge < -0.3 is 5.32 Å². The third-order valence-corrected chi connectivity index (χ3v) is 6.08. The minimum absolute atomic E-state index is 0.0470. The molecular formula is C28H31N3O. The van der Waals surface area contributed by atoms with E-state index in [0.717, 1.165) is 49.5 Å². The van der Waals surface area contributed by atoms with Crippen LogP contribution in [0.4, 0.5) is 5.69 Å². The lowest BCUT2D eigenvalue weighted by molar-refractivity contribution is -0.121. The highest BCUT2D eigenvalue weighted by Crippen LogP contribution is 2.27. The zero-order valence-electron chi connectivity index (χ0n) is 18.7. The summed E-state index contributed by atoms with van der Waals surface area (Å²) < 4.78 is 0. The van der Waals surface area contributed by atoms with Crippen LogP contribution in [0.5, 0.6) is 0 Å². The Morgan fingerprint density at radius 2 is 1.50 bits per heavy atom. The molecule has 32 heavy (non-hydrogen) atoms. The summed E-state index contributed by atoms with van der Waals surface area (Å²) in [4.78, 5) is 17.7. The molecule has 0 spiro atoms. The summed E-state index contributed by atoms with van der Waals surface area (Å²) in [5.41, 5.74) is 4.24. The van der Waals surface area contributed by atoms with Gasteiger partial charge in [0.25, 0.3) is 0 Å². The van der Waals surface area contributed by atoms with Crippen LogP contribution in [0.3, 0.4) is 0 Å². The predicted molar refractivity (Wildman–Crippen MR) is 133 cm³/mol. The number of carbonyl (C=O) groups is 1. The van der Waals surface area contributed by atoms with Gasteiger partial charge in [0.2, 0.25) is 5.91 Å². The van der Waals surface area contributed by atoms with E-state index in [1.807, 2.05) is 49.4 Å². The van der Waals surface area contributed by atoms with Crippen LogP contribution in [-0.2, 0) is 4.79 Å². The molecule has 0 radical (unpaired) electrons. The molecule has 0 saturated carbocycles. The summed E-state index contributed by atoms with van der Waals surface area (Å²) in [7, 11) is 0. The summed E-state index contributed by atoms with van der Waals surface area (Å²) in [5.74, 6) is 0.0470. The first-order valence-corrected chi connectivity index (χ1v) is 11.3. The van der Waals surface area contributed by atoms with Crippen LogP contribution in [0, 0.1) is 0 Å². The molecule has 0 bridgehead atoms. The molecule has 1 unspecified atom stereocenters. The van der Waals surface area contributed by atoms with E-state index in [9.17, 15) is 4.79 Å². The first-order chi connectivity index (χ1) is 15.7. The van der Waals surface area contributed by atoms with Crippen LogP contribution in [0.1, 0.15) is 12.5 Å². The Labute approximate surface area is 191 Å². The summed E-state index contributed by atoms with van der Waals surface area (Å²) in [6.07, 6.45) is 4.40. The summed E-state index contributed by atoms with van der Waals surface area (Å²) in [5, 5.41) is 3.16. The first-order valence-electron chi connectivity index (χ1n) is 11.3. The molecule has 1 heterocycles. The summed E-state index contributed by atoms with van der Waals surface area (Å²) in [6, 6.07) is 28.4. The topological polar surface area (TPSA) is 35.6 Å². The molecule has 0 aromatic heterocycles. The van der Waals surface area contributed by atoms with Crippen molar-refractivity contribution >= 4 is 17.7 Å². The number of hydrogen-bond donors (Lipinski definition) is 1. The second-order valence-corrected chi connectivity index (χ2v) is 8.23. The monoisotopic (exact) mass is 425 g/mol. The normalized spacial score (nSPS) is 16.2. The van der Waals surface area contributed by atoms with Gasteiger partial charge in [0.1, 0.15) is 0 Å². The average molecular weight is 426 g/mol. The molecule has 1 saturated heterocycles. The average Bonchev–Trinajstić information content (AvgIpc) is 2.85. The molecule has 4 nitrogen and oxygen atoms in total. The lowest BCUT2D eigenvalue weighted by Gasteiger charge is -2.37. The largest absolute Gasteiger partial charge is 0.324 e. The van der Waals surface area contributed by atoms with Crippen molar-refractivity contribution in [3.05, 3.63) is 96.6 Å². The van der Waals surface area contributed by atoms with Crippen molar-refractivity contribution in [2.24, 2.45) is 0 Å². The van der Waals surface area contributed by atoms with E-state index >= 15 is 0 Å². The maximum absolute atomic E-state index is 13.0. The molecule has 4 heteroatoms. The van der Waals surface area contributed by atoms with Gasteiger partial charge in [0.15, 0.2) is 0 Å². The highest BCUT2D eigenvalue weighted by atomic mass is 16.2. The van der Waals surface area contributed by atoms with Crippen LogP contribution < -0.4 is 5.32 Å². The molecule has 1 amide bonds. The van der Waals surface area contributed by atoms with Gasteiger partial charge in [-0.25, -0.2) is 0 Å². The Balaban J connectivity index is 1.30. The Kier molecular flexibility index (Phi) is 7.49. The molecular weight excluding hydrogens is 394 g/mol. The van der Waals surface area contributed by atoms with Crippen LogP contribution in [0.25, 0.3) is 17.2 Å². The summed E-state index contributed by atoms with van der Waals surface area (Å²) >= 11 is 0. The molecule has 3 aromatic rings. The van der Waals surface area contributed by atoms with Crippen molar-refractivity contribution in [1.82, 2.24) is 9.80 Å². The summed E-state index contributed by atoms with van der Waals surface area (Å²) in [6.45, 7) is 6.68. The minimum atomic E-state index is -0.166. The molecule has 164 valence electrons. The van der Waals surface area contributed by atoms with E-state index in [1.165, 1.54) is 5.56 Å². The second-order valence-electron chi connectivity index (χ2n) is 8.23. The number of amides is 1. The zero-order chi connectivity index (χ0) is 22.2. The van der Waals surface area contributed by atoms with Crippen LogP contribution in [-0.4, -0.2) is 54.5 Å². The zero-order valence-corrected chi connectivity index (χ0v) is 18.7. The van der Waals surface area contributed by atoms with E-state index in [4.69, 9.17) is 0 Å². The molecule has 1 N–H and O–H groups in total. The molecule has 1 aliphatic rings. The fourth-order valence-corrected chi connectivity index (χ4v) is 4.10. The predicted octanol–water partition coefficient (Wildman–Crippen LogP) is 5.01. The fraction of sp³-hybridized carbons (Fsp3) is 0.250. The number of nitrogens with zero attached hydrogens (tertiary/aromatic N) is 2. The molecule has 1 atom stereocenters. The lowest BCUT2D eigenvalue weighted by atomic mass is 10.0. The number of para-hydroxylation sites is 1. The first kappa shape index (κ1) is 22.0. The van der Waals surface area contributed by atoms with Crippen molar-refractivity contribution < 1.29 is 4.79 Å². The Morgan fingerprint density at radius 1 is 0.875 bits per heavy atom. The Bertz CT molecular complexity index is 1020. The van der Waals surface area contributed by atoms with Crippen molar-refractivity contribution in [3.63, 3.8) is 0 Å². The standard InChI is InChI=1S/C28H31N3O/c1-23(28(32)29-27-17-9-8-16-26(27)25-14-6-3-7-15-25)31-21-19-30(20-22-31)18-10-13-24-11-4-2-5-12-24/h2-17,23H,18-22H2,1H3,(H,29,32)/b13-10+. The number of carbonyl (C=O) groups excluding carboxylic acids is 1. The van der Waals surface area contributed by atoms with Crippen LogP contribution in [0.2, 0.25) is 0 Å². The number of hydrogen-bond acceptors (Lipinski definition) is 3. The number of anilines is 1. The van der Waals surface area contributed by atoms with E-state index in [2.05, 4.69) is 69.7 Å². The van der Waals surface area contributed by atoms with Crippen molar-refractivity contribution in [1.29, 1.82) is 0 Å². The Hall–Kier alpha value is -3.21.